The molecule has 19 heavy (non-hydrogen) atoms. The summed E-state index contributed by atoms with van der Waals surface area (Å²) in [6.07, 6.45) is -0.155. The lowest BCUT2D eigenvalue weighted by atomic mass is 10.1. The lowest BCUT2D eigenvalue weighted by molar-refractivity contribution is -0.137. The molecule has 0 aliphatic rings. The molecule has 0 heterocycles. The first-order chi connectivity index (χ1) is 8.82. The standard InChI is InChI=1S/C14H18FNO3/c1-9(2)16(7-6-13(17)18)14(19)11-5-4-10(3)8-12(11)15/h4-5,8-9H,6-7H2,1-3H3,(H,17,18). The average Bonchev–Trinajstić information content (AvgIpc) is 2.27. The Morgan fingerprint density at radius 2 is 2.00 bits per heavy atom. The van der Waals surface area contributed by atoms with E-state index < -0.39 is 17.7 Å². The number of hydrogen-bond acceptors (Lipinski definition) is 2. The van der Waals surface area contributed by atoms with Gasteiger partial charge in [0, 0.05) is 12.6 Å². The zero-order chi connectivity index (χ0) is 14.6. The van der Waals surface area contributed by atoms with Crippen molar-refractivity contribution < 1.29 is 19.1 Å². The Morgan fingerprint density at radius 1 is 1.37 bits per heavy atom. The van der Waals surface area contributed by atoms with E-state index in [1.807, 2.05) is 0 Å². The predicted molar refractivity (Wildman–Crippen MR) is 69.6 cm³/mol. The molecular weight excluding hydrogens is 249 g/mol. The van der Waals surface area contributed by atoms with Gasteiger partial charge in [-0.05, 0) is 38.5 Å². The highest BCUT2D eigenvalue weighted by atomic mass is 19.1. The molecule has 0 aromatic heterocycles. The molecule has 4 nitrogen and oxygen atoms in total. The number of carboxylic acid groups (broad SMARTS) is 1. The number of aliphatic carboxylic acids is 1. The van der Waals surface area contributed by atoms with E-state index >= 15 is 0 Å². The van der Waals surface area contributed by atoms with Gasteiger partial charge in [-0.25, -0.2) is 4.39 Å². The fourth-order valence-corrected chi connectivity index (χ4v) is 1.76. The molecule has 104 valence electrons. The van der Waals surface area contributed by atoms with Crippen LogP contribution in [0.25, 0.3) is 0 Å². The number of halogens is 1. The predicted octanol–water partition coefficient (Wildman–Crippen LogP) is 2.46. The van der Waals surface area contributed by atoms with Crippen molar-refractivity contribution in [2.75, 3.05) is 6.54 Å². The van der Waals surface area contributed by atoms with Crippen LogP contribution in [0.2, 0.25) is 0 Å². The number of benzene rings is 1. The maximum absolute atomic E-state index is 13.8. The fourth-order valence-electron chi connectivity index (χ4n) is 1.76. The molecule has 0 radical (unpaired) electrons. The molecule has 1 amide bonds. The highest BCUT2D eigenvalue weighted by Gasteiger charge is 2.22. The summed E-state index contributed by atoms with van der Waals surface area (Å²) in [7, 11) is 0. The van der Waals surface area contributed by atoms with Crippen LogP contribution in [0.1, 0.15) is 36.2 Å². The second kappa shape index (κ2) is 6.31. The third-order valence-corrected chi connectivity index (χ3v) is 2.81. The first kappa shape index (κ1) is 15.1. The monoisotopic (exact) mass is 267 g/mol. The molecule has 0 saturated heterocycles. The maximum atomic E-state index is 13.8. The van der Waals surface area contributed by atoms with Gasteiger partial charge in [0.2, 0.25) is 0 Å². The van der Waals surface area contributed by atoms with Crippen molar-refractivity contribution in [1.82, 2.24) is 4.90 Å². The van der Waals surface area contributed by atoms with Crippen molar-refractivity contribution in [1.29, 1.82) is 0 Å². The van der Waals surface area contributed by atoms with Crippen LogP contribution in [-0.2, 0) is 4.79 Å². The number of hydrogen-bond donors (Lipinski definition) is 1. The SMILES string of the molecule is Cc1ccc(C(=O)N(CCC(=O)O)C(C)C)c(F)c1. The van der Waals surface area contributed by atoms with E-state index in [9.17, 15) is 14.0 Å². The van der Waals surface area contributed by atoms with Crippen molar-refractivity contribution in [2.45, 2.75) is 33.2 Å². The van der Waals surface area contributed by atoms with Crippen molar-refractivity contribution in [3.63, 3.8) is 0 Å². The zero-order valence-corrected chi connectivity index (χ0v) is 11.3. The van der Waals surface area contributed by atoms with Gasteiger partial charge in [-0.1, -0.05) is 6.07 Å². The lowest BCUT2D eigenvalue weighted by Gasteiger charge is -2.26. The first-order valence-electron chi connectivity index (χ1n) is 6.12. The van der Waals surface area contributed by atoms with Gasteiger partial charge in [0.05, 0.1) is 12.0 Å². The highest BCUT2D eigenvalue weighted by Crippen LogP contribution is 2.14. The molecule has 0 aliphatic carbocycles. The van der Waals surface area contributed by atoms with E-state index in [0.29, 0.717) is 0 Å². The molecule has 0 saturated carbocycles. The molecule has 0 aliphatic heterocycles. The summed E-state index contributed by atoms with van der Waals surface area (Å²) in [5.74, 6) is -2.04. The third-order valence-electron chi connectivity index (χ3n) is 2.81. The molecule has 1 aromatic rings. The first-order valence-corrected chi connectivity index (χ1v) is 6.12. The smallest absolute Gasteiger partial charge is 0.305 e. The number of aryl methyl sites for hydroxylation is 1. The molecule has 0 bridgehead atoms. The van der Waals surface area contributed by atoms with Gasteiger partial charge in [0.1, 0.15) is 5.82 Å². The van der Waals surface area contributed by atoms with E-state index in [0.717, 1.165) is 5.56 Å². The lowest BCUT2D eigenvalue weighted by Crippen LogP contribution is -2.38. The van der Waals surface area contributed by atoms with Crippen LogP contribution >= 0.6 is 0 Å². The molecule has 1 rings (SSSR count). The number of rotatable bonds is 5. The minimum absolute atomic E-state index is 0.0234. The third kappa shape index (κ3) is 4.05. The number of carbonyl (C=O) groups is 2. The van der Waals surface area contributed by atoms with E-state index in [-0.39, 0.29) is 24.6 Å². The quantitative estimate of drug-likeness (QED) is 0.891. The van der Waals surface area contributed by atoms with Crippen LogP contribution < -0.4 is 0 Å². The molecule has 0 fully saturated rings. The molecular formula is C14H18FNO3. The van der Waals surface area contributed by atoms with Gasteiger partial charge in [-0.3, -0.25) is 9.59 Å². The fraction of sp³-hybridized carbons (Fsp3) is 0.429. The molecule has 5 heteroatoms. The summed E-state index contributed by atoms with van der Waals surface area (Å²) in [6, 6.07) is 4.20. The number of carbonyl (C=O) groups excluding carboxylic acids is 1. The number of nitrogens with zero attached hydrogens (tertiary/aromatic N) is 1. The largest absolute Gasteiger partial charge is 0.481 e. The average molecular weight is 267 g/mol. The van der Waals surface area contributed by atoms with Crippen molar-refractivity contribution in [3.05, 3.63) is 35.1 Å². The minimum atomic E-state index is -0.983. The van der Waals surface area contributed by atoms with Gasteiger partial charge in [0.25, 0.3) is 5.91 Å². The summed E-state index contributed by atoms with van der Waals surface area (Å²) in [6.45, 7) is 5.35. The van der Waals surface area contributed by atoms with E-state index in [4.69, 9.17) is 5.11 Å². The van der Waals surface area contributed by atoms with Crippen LogP contribution in [0.15, 0.2) is 18.2 Å². The Hall–Kier alpha value is -1.91. The zero-order valence-electron chi connectivity index (χ0n) is 11.3. The molecule has 1 aromatic carbocycles. The van der Waals surface area contributed by atoms with Gasteiger partial charge < -0.3 is 10.0 Å². The Bertz CT molecular complexity index is 486. The molecule has 0 spiro atoms. The van der Waals surface area contributed by atoms with Crippen molar-refractivity contribution in [2.24, 2.45) is 0 Å². The summed E-state index contributed by atoms with van der Waals surface area (Å²) >= 11 is 0. The Balaban J connectivity index is 2.95. The maximum Gasteiger partial charge on any atom is 0.305 e. The summed E-state index contributed by atoms with van der Waals surface area (Å²) < 4.78 is 13.8. The molecule has 0 atom stereocenters. The Labute approximate surface area is 111 Å². The van der Waals surface area contributed by atoms with E-state index in [1.54, 1.807) is 26.8 Å². The minimum Gasteiger partial charge on any atom is -0.481 e. The van der Waals surface area contributed by atoms with Crippen molar-refractivity contribution >= 4 is 11.9 Å². The van der Waals surface area contributed by atoms with E-state index in [2.05, 4.69) is 0 Å². The molecule has 0 unspecified atom stereocenters. The topological polar surface area (TPSA) is 57.6 Å². The van der Waals surface area contributed by atoms with E-state index in [1.165, 1.54) is 17.0 Å². The second-order valence-corrected chi connectivity index (χ2v) is 4.72. The number of amides is 1. The van der Waals surface area contributed by atoms with Gasteiger partial charge in [-0.2, -0.15) is 0 Å². The van der Waals surface area contributed by atoms with Gasteiger partial charge in [-0.15, -0.1) is 0 Å². The molecule has 1 N–H and O–H groups in total. The summed E-state index contributed by atoms with van der Waals surface area (Å²) in [5, 5.41) is 8.68. The van der Waals surface area contributed by atoms with Crippen LogP contribution in [-0.4, -0.2) is 34.5 Å². The normalized spacial score (nSPS) is 10.6. The van der Waals surface area contributed by atoms with Crippen LogP contribution in [0.5, 0.6) is 0 Å². The Kier molecular flexibility index (Phi) is 5.03. The van der Waals surface area contributed by atoms with Crippen LogP contribution in [0.3, 0.4) is 0 Å². The highest BCUT2D eigenvalue weighted by molar-refractivity contribution is 5.94. The van der Waals surface area contributed by atoms with Crippen LogP contribution in [0, 0.1) is 12.7 Å². The van der Waals surface area contributed by atoms with Gasteiger partial charge >= 0.3 is 5.97 Å². The van der Waals surface area contributed by atoms with Crippen LogP contribution in [0.4, 0.5) is 4.39 Å². The Morgan fingerprint density at radius 3 is 2.47 bits per heavy atom. The summed E-state index contributed by atoms with van der Waals surface area (Å²) in [4.78, 5) is 24.2. The number of carboxylic acids is 1. The summed E-state index contributed by atoms with van der Waals surface area (Å²) in [5.41, 5.74) is 0.709. The van der Waals surface area contributed by atoms with Gasteiger partial charge in [0.15, 0.2) is 0 Å². The second-order valence-electron chi connectivity index (χ2n) is 4.72. The van der Waals surface area contributed by atoms with Crippen molar-refractivity contribution in [3.8, 4) is 0 Å².